The summed E-state index contributed by atoms with van der Waals surface area (Å²) < 4.78 is 0. The quantitative estimate of drug-likeness (QED) is 0.697. The van der Waals surface area contributed by atoms with Crippen LogP contribution in [-0.4, -0.2) is 13.1 Å². The second-order valence-electron chi connectivity index (χ2n) is 6.28. The number of allylic oxidation sites excluding steroid dienone is 2. The first-order valence-corrected chi connectivity index (χ1v) is 7.01. The van der Waals surface area contributed by atoms with E-state index in [4.69, 9.17) is 0 Å². The molecule has 16 heavy (non-hydrogen) atoms. The fourth-order valence-corrected chi connectivity index (χ4v) is 3.22. The zero-order valence-electron chi connectivity index (χ0n) is 11.2. The molecule has 0 aromatic heterocycles. The first-order chi connectivity index (χ1) is 7.63. The van der Waals surface area contributed by atoms with E-state index in [0.29, 0.717) is 5.41 Å². The second kappa shape index (κ2) is 4.91. The third kappa shape index (κ3) is 3.10. The molecule has 0 spiro atoms. The van der Waals surface area contributed by atoms with Gasteiger partial charge in [0.1, 0.15) is 0 Å². The summed E-state index contributed by atoms with van der Waals surface area (Å²) in [4.78, 5) is 0. The van der Waals surface area contributed by atoms with Gasteiger partial charge < -0.3 is 5.32 Å². The smallest absolute Gasteiger partial charge is 0.000783 e. The molecule has 0 aromatic rings. The third-order valence-corrected chi connectivity index (χ3v) is 4.52. The van der Waals surface area contributed by atoms with Gasteiger partial charge in [-0.15, -0.1) is 0 Å². The summed E-state index contributed by atoms with van der Waals surface area (Å²) in [6.07, 6.45) is 9.41. The van der Waals surface area contributed by atoms with Crippen molar-refractivity contribution >= 4 is 0 Å². The van der Waals surface area contributed by atoms with E-state index in [-0.39, 0.29) is 0 Å². The van der Waals surface area contributed by atoms with Crippen LogP contribution in [0.4, 0.5) is 0 Å². The molecular formula is C15H27N. The molecule has 0 aliphatic heterocycles. The highest BCUT2D eigenvalue weighted by molar-refractivity contribution is 5.06. The Labute approximate surface area is 101 Å². The maximum Gasteiger partial charge on any atom is 0.000783 e. The van der Waals surface area contributed by atoms with Crippen LogP contribution >= 0.6 is 0 Å². The molecule has 2 atom stereocenters. The number of nitrogens with one attached hydrogen (secondary N) is 1. The van der Waals surface area contributed by atoms with Gasteiger partial charge in [-0.25, -0.2) is 0 Å². The van der Waals surface area contributed by atoms with Crippen molar-refractivity contribution in [2.24, 2.45) is 17.3 Å². The summed E-state index contributed by atoms with van der Waals surface area (Å²) in [7, 11) is 0. The topological polar surface area (TPSA) is 12.0 Å². The number of rotatable bonds is 5. The summed E-state index contributed by atoms with van der Waals surface area (Å²) >= 11 is 0. The minimum absolute atomic E-state index is 0.700. The molecule has 1 heteroatoms. The molecule has 2 aliphatic carbocycles. The molecular weight excluding hydrogens is 194 g/mol. The zero-order chi connectivity index (χ0) is 11.6. The van der Waals surface area contributed by atoms with Crippen molar-refractivity contribution in [3.63, 3.8) is 0 Å². The minimum Gasteiger partial charge on any atom is -0.316 e. The van der Waals surface area contributed by atoms with Gasteiger partial charge in [0.05, 0.1) is 0 Å². The average Bonchev–Trinajstić information content (AvgIpc) is 2.97. The van der Waals surface area contributed by atoms with E-state index < -0.39 is 0 Å². The lowest BCUT2D eigenvalue weighted by Crippen LogP contribution is -2.30. The van der Waals surface area contributed by atoms with Crippen molar-refractivity contribution in [2.45, 2.75) is 52.9 Å². The van der Waals surface area contributed by atoms with E-state index in [1.54, 1.807) is 5.57 Å². The van der Waals surface area contributed by atoms with Gasteiger partial charge >= 0.3 is 0 Å². The van der Waals surface area contributed by atoms with Crippen LogP contribution in [0.1, 0.15) is 52.9 Å². The molecule has 0 heterocycles. The molecule has 2 rings (SSSR count). The molecule has 2 unspecified atom stereocenters. The molecule has 1 nitrogen and oxygen atoms in total. The molecule has 1 fully saturated rings. The van der Waals surface area contributed by atoms with Gasteiger partial charge in [0.15, 0.2) is 0 Å². The van der Waals surface area contributed by atoms with Gasteiger partial charge in [-0.05, 0) is 62.8 Å². The van der Waals surface area contributed by atoms with E-state index in [1.165, 1.54) is 45.2 Å². The maximum absolute atomic E-state index is 3.72. The standard InChI is InChI=1S/C15H27N/c1-4-15(5-6-15)11-16-10-14-8-12(2)7-13(3)9-14/h7,12,14,16H,4-6,8-11H2,1-3H3. The molecule has 92 valence electrons. The van der Waals surface area contributed by atoms with Crippen molar-refractivity contribution < 1.29 is 0 Å². The van der Waals surface area contributed by atoms with Crippen molar-refractivity contribution in [3.05, 3.63) is 11.6 Å². The van der Waals surface area contributed by atoms with Crippen LogP contribution in [-0.2, 0) is 0 Å². The SMILES string of the molecule is CCC1(CNCC2CC(C)=CC(C)C2)CC1. The van der Waals surface area contributed by atoms with Gasteiger partial charge in [0.2, 0.25) is 0 Å². The van der Waals surface area contributed by atoms with Crippen molar-refractivity contribution in [2.75, 3.05) is 13.1 Å². The fourth-order valence-electron chi connectivity index (χ4n) is 3.22. The summed E-state index contributed by atoms with van der Waals surface area (Å²) in [5, 5.41) is 3.72. The van der Waals surface area contributed by atoms with E-state index >= 15 is 0 Å². The largest absolute Gasteiger partial charge is 0.316 e. The third-order valence-electron chi connectivity index (χ3n) is 4.52. The van der Waals surface area contributed by atoms with E-state index in [1.807, 2.05) is 0 Å². The van der Waals surface area contributed by atoms with Crippen molar-refractivity contribution in [1.29, 1.82) is 0 Å². The summed E-state index contributed by atoms with van der Waals surface area (Å²) in [5.41, 5.74) is 2.30. The van der Waals surface area contributed by atoms with Gasteiger partial charge in [-0.1, -0.05) is 25.5 Å². The predicted octanol–water partition coefficient (Wildman–Crippen LogP) is 3.76. The lowest BCUT2D eigenvalue weighted by atomic mass is 9.83. The fraction of sp³-hybridized carbons (Fsp3) is 0.867. The Morgan fingerprint density at radius 2 is 2.19 bits per heavy atom. The summed E-state index contributed by atoms with van der Waals surface area (Å²) in [6, 6.07) is 0. The van der Waals surface area contributed by atoms with Crippen LogP contribution in [0.25, 0.3) is 0 Å². The number of hydrogen-bond donors (Lipinski definition) is 1. The lowest BCUT2D eigenvalue weighted by molar-refractivity contribution is 0.355. The monoisotopic (exact) mass is 221 g/mol. The Morgan fingerprint density at radius 1 is 1.44 bits per heavy atom. The van der Waals surface area contributed by atoms with Gasteiger partial charge in [-0.2, -0.15) is 0 Å². The number of hydrogen-bond acceptors (Lipinski definition) is 1. The average molecular weight is 221 g/mol. The van der Waals surface area contributed by atoms with E-state index in [9.17, 15) is 0 Å². The highest BCUT2D eigenvalue weighted by atomic mass is 14.9. The Bertz CT molecular complexity index is 263. The zero-order valence-corrected chi connectivity index (χ0v) is 11.2. The predicted molar refractivity (Wildman–Crippen MR) is 70.5 cm³/mol. The Morgan fingerprint density at radius 3 is 2.75 bits per heavy atom. The molecule has 0 amide bonds. The molecule has 0 radical (unpaired) electrons. The van der Waals surface area contributed by atoms with Gasteiger partial charge in [-0.3, -0.25) is 0 Å². The lowest BCUT2D eigenvalue weighted by Gasteiger charge is -2.26. The molecule has 0 aromatic carbocycles. The van der Waals surface area contributed by atoms with Crippen molar-refractivity contribution in [1.82, 2.24) is 5.32 Å². The van der Waals surface area contributed by atoms with Gasteiger partial charge in [0, 0.05) is 6.54 Å². The Hall–Kier alpha value is -0.300. The molecule has 0 saturated heterocycles. The minimum atomic E-state index is 0.700. The summed E-state index contributed by atoms with van der Waals surface area (Å²) in [5.74, 6) is 1.68. The van der Waals surface area contributed by atoms with Crippen molar-refractivity contribution in [3.8, 4) is 0 Å². The highest BCUT2D eigenvalue weighted by Gasteiger charge is 2.39. The molecule has 1 saturated carbocycles. The first kappa shape index (κ1) is 12.2. The Balaban J connectivity index is 1.69. The second-order valence-corrected chi connectivity index (χ2v) is 6.28. The molecule has 0 bridgehead atoms. The normalized spacial score (nSPS) is 32.3. The maximum atomic E-state index is 3.72. The van der Waals surface area contributed by atoms with E-state index in [0.717, 1.165) is 11.8 Å². The molecule has 2 aliphatic rings. The first-order valence-electron chi connectivity index (χ1n) is 7.01. The Kier molecular flexibility index (Phi) is 3.73. The van der Waals surface area contributed by atoms with Crippen LogP contribution < -0.4 is 5.32 Å². The van der Waals surface area contributed by atoms with Gasteiger partial charge in [0.25, 0.3) is 0 Å². The van der Waals surface area contributed by atoms with Crippen LogP contribution in [0.5, 0.6) is 0 Å². The molecule has 1 N–H and O–H groups in total. The van der Waals surface area contributed by atoms with Crippen LogP contribution in [0.15, 0.2) is 11.6 Å². The van der Waals surface area contributed by atoms with Crippen LogP contribution in [0.3, 0.4) is 0 Å². The van der Waals surface area contributed by atoms with E-state index in [2.05, 4.69) is 32.2 Å². The summed E-state index contributed by atoms with van der Waals surface area (Å²) in [6.45, 7) is 9.47. The van der Waals surface area contributed by atoms with Crippen LogP contribution in [0, 0.1) is 17.3 Å². The highest BCUT2D eigenvalue weighted by Crippen LogP contribution is 2.47. The van der Waals surface area contributed by atoms with Crippen LogP contribution in [0.2, 0.25) is 0 Å².